The molecular formula is C17H24O3. The second-order valence-corrected chi connectivity index (χ2v) is 6.14. The van der Waals surface area contributed by atoms with Crippen LogP contribution < -0.4 is 4.74 Å². The molecule has 1 aliphatic rings. The number of hydrogen-bond donors (Lipinski definition) is 1. The van der Waals surface area contributed by atoms with Crippen LogP contribution in [-0.4, -0.2) is 18.2 Å². The molecule has 0 spiro atoms. The zero-order valence-corrected chi connectivity index (χ0v) is 12.4. The maximum atomic E-state index is 11.7. The number of methoxy groups -OCH3 is 1. The van der Waals surface area contributed by atoms with Crippen molar-refractivity contribution in [3.05, 3.63) is 29.8 Å². The van der Waals surface area contributed by atoms with Crippen LogP contribution in [0.2, 0.25) is 0 Å². The lowest BCUT2D eigenvalue weighted by atomic mass is 9.67. The van der Waals surface area contributed by atoms with E-state index in [0.717, 1.165) is 44.3 Å². The van der Waals surface area contributed by atoms with Crippen LogP contribution in [0.5, 0.6) is 5.75 Å². The second-order valence-electron chi connectivity index (χ2n) is 6.14. The zero-order chi connectivity index (χ0) is 14.6. The van der Waals surface area contributed by atoms with E-state index in [-0.39, 0.29) is 0 Å². The Kier molecular flexibility index (Phi) is 4.69. The van der Waals surface area contributed by atoms with Gasteiger partial charge in [0.25, 0.3) is 0 Å². The molecule has 0 radical (unpaired) electrons. The molecule has 2 unspecified atom stereocenters. The van der Waals surface area contributed by atoms with Crippen LogP contribution in [0.25, 0.3) is 0 Å². The largest absolute Gasteiger partial charge is 0.497 e. The van der Waals surface area contributed by atoms with Crippen molar-refractivity contribution in [3.63, 3.8) is 0 Å². The lowest BCUT2D eigenvalue weighted by Crippen LogP contribution is -2.36. The number of carboxylic acids is 1. The lowest BCUT2D eigenvalue weighted by Gasteiger charge is -2.36. The van der Waals surface area contributed by atoms with Gasteiger partial charge in [-0.2, -0.15) is 0 Å². The number of hydrogen-bond acceptors (Lipinski definition) is 2. The third kappa shape index (κ3) is 3.33. The molecule has 2 rings (SSSR count). The van der Waals surface area contributed by atoms with E-state index < -0.39 is 11.4 Å². The van der Waals surface area contributed by atoms with E-state index in [1.54, 1.807) is 7.11 Å². The summed E-state index contributed by atoms with van der Waals surface area (Å²) in [5, 5.41) is 9.65. The summed E-state index contributed by atoms with van der Waals surface area (Å²) >= 11 is 0. The number of carbonyl (C=O) groups is 1. The summed E-state index contributed by atoms with van der Waals surface area (Å²) in [4.78, 5) is 11.7. The molecule has 3 heteroatoms. The van der Waals surface area contributed by atoms with Crippen molar-refractivity contribution in [1.82, 2.24) is 0 Å². The van der Waals surface area contributed by atoms with Crippen molar-refractivity contribution in [2.75, 3.05) is 7.11 Å². The number of rotatable bonds is 5. The minimum absolute atomic E-state index is 0.516. The molecule has 2 atom stereocenters. The van der Waals surface area contributed by atoms with Gasteiger partial charge in [-0.3, -0.25) is 4.79 Å². The number of aliphatic carboxylic acids is 1. The van der Waals surface area contributed by atoms with Crippen LogP contribution in [0.3, 0.4) is 0 Å². The minimum atomic E-state index is -0.613. The van der Waals surface area contributed by atoms with Gasteiger partial charge in [0.15, 0.2) is 0 Å². The summed E-state index contributed by atoms with van der Waals surface area (Å²) < 4.78 is 5.14. The third-order valence-electron chi connectivity index (χ3n) is 4.60. The number of carboxylic acid groups (broad SMARTS) is 1. The maximum Gasteiger partial charge on any atom is 0.309 e. The van der Waals surface area contributed by atoms with Gasteiger partial charge in [-0.15, -0.1) is 0 Å². The van der Waals surface area contributed by atoms with Crippen molar-refractivity contribution >= 4 is 5.97 Å². The van der Waals surface area contributed by atoms with Gasteiger partial charge >= 0.3 is 5.97 Å². The van der Waals surface area contributed by atoms with E-state index in [1.807, 2.05) is 24.3 Å². The highest BCUT2D eigenvalue weighted by atomic mass is 16.5. The van der Waals surface area contributed by atoms with Crippen molar-refractivity contribution in [2.24, 2.45) is 11.3 Å². The first kappa shape index (κ1) is 14.9. The molecule has 1 fully saturated rings. The number of aryl methyl sites for hydroxylation is 1. The molecule has 0 aromatic heterocycles. The Morgan fingerprint density at radius 3 is 2.65 bits per heavy atom. The molecule has 0 aliphatic heterocycles. The van der Waals surface area contributed by atoms with E-state index in [9.17, 15) is 9.90 Å². The van der Waals surface area contributed by atoms with Crippen molar-refractivity contribution in [2.45, 2.75) is 45.4 Å². The fraction of sp³-hybridized carbons (Fsp3) is 0.588. The summed E-state index contributed by atoms with van der Waals surface area (Å²) in [6.07, 6.45) is 5.40. The fourth-order valence-electron chi connectivity index (χ4n) is 3.36. The van der Waals surface area contributed by atoms with Crippen LogP contribution >= 0.6 is 0 Å². The first-order valence-electron chi connectivity index (χ1n) is 7.42. The Bertz CT molecular complexity index is 452. The highest BCUT2D eigenvalue weighted by Crippen LogP contribution is 2.43. The molecule has 0 heterocycles. The van der Waals surface area contributed by atoms with E-state index in [0.29, 0.717) is 5.92 Å². The van der Waals surface area contributed by atoms with E-state index >= 15 is 0 Å². The Labute approximate surface area is 121 Å². The van der Waals surface area contributed by atoms with Gasteiger partial charge in [-0.25, -0.2) is 0 Å². The molecule has 0 saturated heterocycles. The van der Waals surface area contributed by atoms with Gasteiger partial charge in [0.05, 0.1) is 12.5 Å². The van der Waals surface area contributed by atoms with Gasteiger partial charge < -0.3 is 9.84 Å². The summed E-state index contributed by atoms with van der Waals surface area (Å²) in [6, 6.07) is 7.93. The highest BCUT2D eigenvalue weighted by Gasteiger charge is 2.41. The van der Waals surface area contributed by atoms with E-state index in [1.165, 1.54) is 5.56 Å². The number of benzene rings is 1. The minimum Gasteiger partial charge on any atom is -0.497 e. The fourth-order valence-corrected chi connectivity index (χ4v) is 3.36. The van der Waals surface area contributed by atoms with E-state index in [2.05, 4.69) is 6.92 Å². The normalized spacial score (nSPS) is 26.2. The smallest absolute Gasteiger partial charge is 0.309 e. The third-order valence-corrected chi connectivity index (χ3v) is 4.60. The van der Waals surface area contributed by atoms with Crippen LogP contribution in [0.1, 0.15) is 44.6 Å². The van der Waals surface area contributed by atoms with Crippen molar-refractivity contribution in [1.29, 1.82) is 0 Å². The summed E-state index contributed by atoms with van der Waals surface area (Å²) in [6.45, 7) is 2.17. The van der Waals surface area contributed by atoms with Crippen LogP contribution in [0, 0.1) is 11.3 Å². The average Bonchev–Trinajstić information content (AvgIpc) is 2.45. The molecular weight excluding hydrogens is 252 g/mol. The molecule has 3 nitrogen and oxygen atoms in total. The second kappa shape index (κ2) is 6.29. The van der Waals surface area contributed by atoms with Crippen molar-refractivity contribution in [3.8, 4) is 5.75 Å². The SMILES string of the molecule is COc1ccc(CCC2(C(=O)O)CCCC(C)C2)cc1. The Morgan fingerprint density at radius 1 is 1.40 bits per heavy atom. The van der Waals surface area contributed by atoms with Gasteiger partial charge in [0.1, 0.15) is 5.75 Å². The van der Waals surface area contributed by atoms with Gasteiger partial charge in [0, 0.05) is 0 Å². The van der Waals surface area contributed by atoms with Crippen LogP contribution in [0.15, 0.2) is 24.3 Å². The lowest BCUT2D eigenvalue weighted by molar-refractivity contribution is -0.152. The molecule has 1 aliphatic carbocycles. The average molecular weight is 276 g/mol. The summed E-state index contributed by atoms with van der Waals surface area (Å²) in [5.41, 5.74) is 0.669. The topological polar surface area (TPSA) is 46.5 Å². The summed E-state index contributed by atoms with van der Waals surface area (Å²) in [5.74, 6) is 0.751. The predicted octanol–water partition coefficient (Wildman–Crippen LogP) is 3.91. The highest BCUT2D eigenvalue weighted by molar-refractivity contribution is 5.74. The van der Waals surface area contributed by atoms with Crippen molar-refractivity contribution < 1.29 is 14.6 Å². The Balaban J connectivity index is 2.03. The molecule has 1 aromatic carbocycles. The number of ether oxygens (including phenoxy) is 1. The van der Waals surface area contributed by atoms with Gasteiger partial charge in [0.2, 0.25) is 0 Å². The molecule has 110 valence electrons. The summed E-state index contributed by atoms with van der Waals surface area (Å²) in [7, 11) is 1.65. The van der Waals surface area contributed by atoms with Gasteiger partial charge in [-0.1, -0.05) is 31.9 Å². The quantitative estimate of drug-likeness (QED) is 0.887. The first-order valence-corrected chi connectivity index (χ1v) is 7.42. The molecule has 1 aromatic rings. The van der Waals surface area contributed by atoms with Gasteiger partial charge in [-0.05, 0) is 49.3 Å². The predicted molar refractivity (Wildman–Crippen MR) is 79.0 cm³/mol. The molecule has 20 heavy (non-hydrogen) atoms. The Hall–Kier alpha value is -1.51. The van der Waals surface area contributed by atoms with Crippen LogP contribution in [0.4, 0.5) is 0 Å². The maximum absolute atomic E-state index is 11.7. The molecule has 0 amide bonds. The molecule has 0 bridgehead atoms. The van der Waals surface area contributed by atoms with E-state index in [4.69, 9.17) is 4.74 Å². The zero-order valence-electron chi connectivity index (χ0n) is 12.4. The monoisotopic (exact) mass is 276 g/mol. The standard InChI is InChI=1S/C17H24O3/c1-13-4-3-10-17(12-13,16(18)19)11-9-14-5-7-15(20-2)8-6-14/h5-8,13H,3-4,9-12H2,1-2H3,(H,18,19). The Morgan fingerprint density at radius 2 is 2.10 bits per heavy atom. The molecule has 1 saturated carbocycles. The molecule has 1 N–H and O–H groups in total. The van der Waals surface area contributed by atoms with Crippen LogP contribution in [-0.2, 0) is 11.2 Å². The first-order chi connectivity index (χ1) is 9.55.